The highest BCUT2D eigenvalue weighted by atomic mass is 32.2. The molecule has 0 saturated carbocycles. The van der Waals surface area contributed by atoms with E-state index < -0.39 is 72.7 Å². The van der Waals surface area contributed by atoms with Crippen LogP contribution < -0.4 is 30.3 Å². The first-order chi connectivity index (χ1) is 68.4. The Morgan fingerprint density at radius 1 is 0.343 bits per heavy atom. The van der Waals surface area contributed by atoms with Gasteiger partial charge in [0.25, 0.3) is 50.6 Å². The van der Waals surface area contributed by atoms with Gasteiger partial charge in [0.05, 0.1) is 121 Å². The van der Waals surface area contributed by atoms with E-state index in [4.69, 9.17) is 39.4 Å². The number of benzene rings is 12. The molecule has 0 unspecified atom stereocenters. The van der Waals surface area contributed by atoms with Crippen molar-refractivity contribution in [2.75, 3.05) is 66.1 Å². The fraction of sp³-hybridized carbons (Fsp3) is 0.170. The molecule has 0 spiro atoms. The predicted molar refractivity (Wildman–Crippen MR) is 531 cm³/mol. The van der Waals surface area contributed by atoms with Gasteiger partial charge in [0.1, 0.15) is 44.3 Å². The predicted octanol–water partition coefficient (Wildman–Crippen LogP) is 23.6. The van der Waals surface area contributed by atoms with E-state index in [1.807, 2.05) is 32.0 Å². The van der Waals surface area contributed by atoms with Crippen molar-refractivity contribution in [1.29, 1.82) is 0 Å². The average molecular weight is 2030 g/mol. The number of aromatic nitrogens is 6. The third kappa shape index (κ3) is 30.2. The maximum atomic E-state index is 12.9. The summed E-state index contributed by atoms with van der Waals surface area (Å²) >= 11 is 0. The zero-order valence-corrected chi connectivity index (χ0v) is 80.5. The molecule has 0 radical (unpaired) electrons. The quantitative estimate of drug-likeness (QED) is 0.00973. The van der Waals surface area contributed by atoms with Crippen molar-refractivity contribution in [2.24, 2.45) is 81.8 Å². The molecule has 0 atom stereocenters. The van der Waals surface area contributed by atoms with Gasteiger partial charge >= 0.3 is 0 Å². The lowest BCUT2D eigenvalue weighted by Gasteiger charge is -2.23. The Morgan fingerprint density at radius 2 is 0.741 bits per heavy atom. The Bertz CT molecular complexity index is 7890. The smallest absolute Gasteiger partial charge is 0.296 e. The molecule has 14 aromatic rings. The summed E-state index contributed by atoms with van der Waals surface area (Å²) in [6.07, 6.45) is 0.623. The third-order valence-electron chi connectivity index (χ3n) is 20.4. The average Bonchev–Trinajstić information content (AvgIpc) is 0.806. The maximum absolute atomic E-state index is 12.9. The highest BCUT2D eigenvalue weighted by Crippen LogP contribution is 2.41. The second-order valence-corrected chi connectivity index (χ2v) is 38.5. The monoisotopic (exact) mass is 2030 g/mol. The number of aliphatic hydroxyl groups excluding tert-OH is 1. The van der Waals surface area contributed by atoms with Crippen molar-refractivity contribution in [3.63, 3.8) is 0 Å². The minimum Gasteiger partial charge on any atom is -0.493 e. The molecule has 0 amide bonds. The molecular weight excluding hydrogens is 1940 g/mol. The number of aryl methyl sites for hydroxylation is 4. The summed E-state index contributed by atoms with van der Waals surface area (Å²) in [5.41, 5.74) is 8.94. The number of nitrogens with zero attached hydrogens (tertiary/aromatic N) is 23. The van der Waals surface area contributed by atoms with E-state index in [-0.39, 0.29) is 143 Å². The second kappa shape index (κ2) is 46.7. The molecule has 14 rings (SSSR count). The van der Waals surface area contributed by atoms with Crippen molar-refractivity contribution in [3.05, 3.63) is 300 Å². The number of anilines is 6. The van der Waals surface area contributed by atoms with E-state index in [0.29, 0.717) is 97.1 Å². The minimum atomic E-state index is -4.87. The summed E-state index contributed by atoms with van der Waals surface area (Å²) in [4.78, 5) is 29.5. The molecule has 44 nitrogen and oxygen atoms in total. The Hall–Kier alpha value is -16.2. The van der Waals surface area contributed by atoms with Gasteiger partial charge in [-0.2, -0.15) is 139 Å². The number of hydrogen-bond donors (Lipinski definition) is 9. The standard InChI is InChI=1S/C94H88N26O18S5/c1-6-46-137-85-57-82(119-117-81-41-33-75(56-88(81)143(134,135)136)113-105-66-16-11-8-12-17-66)60(3)50-64(85)54-90-98-89(53-63-18-38-78(59(2)49-63)114-110-69-23-19-67(20-24-69)106-108-71-27-34-76(35-28-71)140(125,126)127)99-91(100-90)95-42-43-120(44-45-121)94-102-92(96-73-31-39-79(61(4)51-73)115-116-80-40-32-74(55-87(80)142(131,132)133)112-104-65-14-9-7-10-15-65)101-93(103-94)97-84-52-62(5)83(58-86(84)138-47-13-48-139(122,123)124)118-111-70-25-21-68(22-26-70)107-109-72-29-36-77(37-30-72)141(128,129)130/h7-12,14-41,49-52,55-58,121H,6,13,42-48,53-54H2,1-5H3,(H,122,123,124)(H,125,126,127)(H,128,129,130)(H,131,132,133)(H,134,135,136)(H,95,98,99,100)(H2,96,97,101,102,103). The van der Waals surface area contributed by atoms with Gasteiger partial charge in [-0.1, -0.05) is 55.5 Å². The van der Waals surface area contributed by atoms with Gasteiger partial charge in [0, 0.05) is 55.9 Å². The number of hydrogen-bond acceptors (Lipinski definition) is 39. The number of ether oxygens (including phenoxy) is 2. The molecule has 0 fully saturated rings. The molecular formula is C94H88N26O18S5. The molecule has 143 heavy (non-hydrogen) atoms. The third-order valence-corrected chi connectivity index (χ3v) is 24.7. The van der Waals surface area contributed by atoms with E-state index in [0.717, 1.165) is 23.3 Å². The molecule has 0 aliphatic carbocycles. The first-order valence-corrected chi connectivity index (χ1v) is 50.7. The zero-order chi connectivity index (χ0) is 101. The van der Waals surface area contributed by atoms with Gasteiger partial charge in [0.15, 0.2) is 0 Å². The number of azo groups is 8. The summed E-state index contributed by atoms with van der Waals surface area (Å²) in [7, 11) is -23.0. The van der Waals surface area contributed by atoms with E-state index in [2.05, 4.69) is 97.8 Å². The van der Waals surface area contributed by atoms with Gasteiger partial charge in [-0.05, 0) is 262 Å². The van der Waals surface area contributed by atoms with Gasteiger partial charge in [-0.15, -0.1) is 10.2 Å². The van der Waals surface area contributed by atoms with E-state index in [9.17, 15) is 70.0 Å². The molecule has 732 valence electrons. The van der Waals surface area contributed by atoms with E-state index in [1.54, 1.807) is 171 Å². The van der Waals surface area contributed by atoms with Crippen LogP contribution in [0.3, 0.4) is 0 Å². The van der Waals surface area contributed by atoms with E-state index in [1.165, 1.54) is 78.9 Å². The molecule has 49 heteroatoms. The summed E-state index contributed by atoms with van der Waals surface area (Å²) in [5, 5.41) is 89.4. The topological polar surface area (TPSA) is 625 Å². The number of aliphatic hydroxyl groups is 1. The number of rotatable bonds is 43. The van der Waals surface area contributed by atoms with Crippen molar-refractivity contribution in [3.8, 4) is 11.5 Å². The van der Waals surface area contributed by atoms with Crippen LogP contribution in [0, 0.1) is 27.7 Å². The molecule has 2 heterocycles. The molecule has 9 N–H and O–H groups in total. The number of nitrogens with one attached hydrogen (secondary N) is 3. The first-order valence-electron chi connectivity index (χ1n) is 43.3. The van der Waals surface area contributed by atoms with Crippen LogP contribution in [0.1, 0.15) is 64.8 Å². The van der Waals surface area contributed by atoms with Crippen molar-refractivity contribution in [2.45, 2.75) is 79.9 Å². The Morgan fingerprint density at radius 3 is 1.22 bits per heavy atom. The SMILES string of the molecule is CCCOc1cc(N=Nc2ccc(N=Nc3ccccc3)cc2S(=O)(=O)O)c(C)cc1Cc1nc(Cc2ccc(N=Nc3ccc(N=Nc4ccc(S(=O)(=O)O)cc4)cc3)c(C)c2)nc(NCCN(CCO)c2nc(Nc3ccc(N=Nc4ccc(N=Nc5ccccc5)cc4S(=O)(=O)O)c(C)c3)nc(Nc3cc(C)c(N=Nc4ccc(N=Nc5ccc(S(=O)(=O)O)cc5)cc4)cc3OCCCS(=O)(=O)O)n2)n1. The fourth-order valence-electron chi connectivity index (χ4n) is 13.3. The van der Waals surface area contributed by atoms with Crippen LogP contribution in [0.5, 0.6) is 11.5 Å². The fourth-order valence-corrected chi connectivity index (χ4v) is 16.1. The van der Waals surface area contributed by atoms with Crippen LogP contribution in [0.2, 0.25) is 0 Å². The van der Waals surface area contributed by atoms with Crippen LogP contribution in [0.4, 0.5) is 126 Å². The molecule has 0 bridgehead atoms. The Labute approximate surface area is 819 Å². The van der Waals surface area contributed by atoms with Crippen LogP contribution in [0.15, 0.2) is 356 Å². The lowest BCUT2D eigenvalue weighted by molar-refractivity contribution is 0.301. The summed E-state index contributed by atoms with van der Waals surface area (Å²) in [6.45, 7) is 8.53. The highest BCUT2D eigenvalue weighted by Gasteiger charge is 2.24. The van der Waals surface area contributed by atoms with Crippen LogP contribution in [0.25, 0.3) is 0 Å². The van der Waals surface area contributed by atoms with Gasteiger partial charge in [-0.25, -0.2) is 4.98 Å². The van der Waals surface area contributed by atoms with Crippen molar-refractivity contribution in [1.82, 2.24) is 29.9 Å². The van der Waals surface area contributed by atoms with Crippen LogP contribution >= 0.6 is 0 Å². The van der Waals surface area contributed by atoms with Gasteiger partial charge in [-0.3, -0.25) is 22.8 Å². The Kier molecular flexibility index (Phi) is 33.5. The molecule has 2 aromatic heterocycles. The lowest BCUT2D eigenvalue weighted by Crippen LogP contribution is -2.34. The van der Waals surface area contributed by atoms with E-state index >= 15 is 0 Å². The van der Waals surface area contributed by atoms with Crippen LogP contribution in [-0.4, -0.2) is 145 Å². The normalized spacial score (nSPS) is 12.4. The molecule has 0 saturated heterocycles. The maximum Gasteiger partial charge on any atom is 0.296 e. The largest absolute Gasteiger partial charge is 0.493 e. The molecule has 0 aliphatic rings. The summed E-state index contributed by atoms with van der Waals surface area (Å²) in [6, 6.07) is 65.9. The molecule has 0 aliphatic heterocycles. The zero-order valence-electron chi connectivity index (χ0n) is 76.4. The molecule has 12 aromatic carbocycles. The van der Waals surface area contributed by atoms with Crippen molar-refractivity contribution < 1.29 is 79.4 Å². The second-order valence-electron chi connectivity index (χ2n) is 31.4. The van der Waals surface area contributed by atoms with Crippen LogP contribution in [-0.2, 0) is 63.4 Å². The Balaban J connectivity index is 0.778. The first kappa shape index (κ1) is 103. The lowest BCUT2D eigenvalue weighted by atomic mass is 10.0. The minimum absolute atomic E-state index is 0.0130. The highest BCUT2D eigenvalue weighted by molar-refractivity contribution is 7.87. The van der Waals surface area contributed by atoms with Gasteiger partial charge in [0.2, 0.25) is 23.8 Å². The summed E-state index contributed by atoms with van der Waals surface area (Å²) < 4.78 is 183. The van der Waals surface area contributed by atoms with Gasteiger partial charge < -0.3 is 35.4 Å². The van der Waals surface area contributed by atoms with Crippen molar-refractivity contribution >= 4 is 177 Å². The summed E-state index contributed by atoms with van der Waals surface area (Å²) in [5.74, 6) is 0.303.